The lowest BCUT2D eigenvalue weighted by atomic mass is 9.73. The van der Waals surface area contributed by atoms with Crippen LogP contribution in [-0.4, -0.2) is 27.8 Å². The number of nitrogens with zero attached hydrogens (tertiary/aromatic N) is 3. The summed E-state index contributed by atoms with van der Waals surface area (Å²) in [5, 5.41) is 4.41. The molecule has 3 heteroatoms. The first-order valence-electron chi connectivity index (χ1n) is 8.93. The first-order chi connectivity index (χ1) is 11.2. The maximum atomic E-state index is 4.41. The molecule has 1 aliphatic carbocycles. The molecular formula is C20H27N3. The Bertz CT molecular complexity index is 667. The molecule has 1 saturated heterocycles. The standard InChI is InChI=1S/C20H27N3/c1-16-18(12-21-22(16)2)13-23-14-19(17-8-4-3-5-9-17)20(15-23)10-6-7-11-20/h3-5,8-9,12,19H,6-7,10-11,13-15H2,1-2H3. The van der Waals surface area contributed by atoms with E-state index < -0.39 is 0 Å². The van der Waals surface area contributed by atoms with Crippen LogP contribution < -0.4 is 0 Å². The second-order valence-corrected chi connectivity index (χ2v) is 7.58. The van der Waals surface area contributed by atoms with E-state index in [-0.39, 0.29) is 0 Å². The van der Waals surface area contributed by atoms with E-state index in [0.717, 1.165) is 6.54 Å². The molecule has 1 atom stereocenters. The maximum absolute atomic E-state index is 4.41. The highest BCUT2D eigenvalue weighted by Gasteiger charge is 2.48. The van der Waals surface area contributed by atoms with Gasteiger partial charge in [0.15, 0.2) is 0 Å². The minimum atomic E-state index is 0.511. The summed E-state index contributed by atoms with van der Waals surface area (Å²) < 4.78 is 1.99. The average molecular weight is 309 g/mol. The number of rotatable bonds is 3. The van der Waals surface area contributed by atoms with E-state index in [4.69, 9.17) is 0 Å². The van der Waals surface area contributed by atoms with Gasteiger partial charge < -0.3 is 0 Å². The molecule has 2 aliphatic rings. The quantitative estimate of drug-likeness (QED) is 0.857. The van der Waals surface area contributed by atoms with Crippen LogP contribution in [0, 0.1) is 12.3 Å². The molecule has 3 nitrogen and oxygen atoms in total. The molecule has 0 amide bonds. The number of hydrogen-bond donors (Lipinski definition) is 0. The number of benzene rings is 1. The summed E-state index contributed by atoms with van der Waals surface area (Å²) in [6, 6.07) is 11.2. The molecule has 1 unspecified atom stereocenters. The third-order valence-electron chi connectivity index (χ3n) is 6.25. The lowest BCUT2D eigenvalue weighted by Gasteiger charge is -2.30. The van der Waals surface area contributed by atoms with Gasteiger partial charge in [0.25, 0.3) is 0 Å². The van der Waals surface area contributed by atoms with E-state index >= 15 is 0 Å². The highest BCUT2D eigenvalue weighted by atomic mass is 15.3. The number of aromatic nitrogens is 2. The van der Waals surface area contributed by atoms with Crippen LogP contribution >= 0.6 is 0 Å². The maximum Gasteiger partial charge on any atom is 0.0537 e. The van der Waals surface area contributed by atoms with E-state index in [9.17, 15) is 0 Å². The lowest BCUT2D eigenvalue weighted by Crippen LogP contribution is -2.26. The smallest absolute Gasteiger partial charge is 0.0537 e. The summed E-state index contributed by atoms with van der Waals surface area (Å²) in [5.74, 6) is 0.697. The van der Waals surface area contributed by atoms with E-state index in [2.05, 4.69) is 47.3 Å². The van der Waals surface area contributed by atoms with Gasteiger partial charge in [0.1, 0.15) is 0 Å². The Morgan fingerprint density at radius 3 is 2.57 bits per heavy atom. The summed E-state index contributed by atoms with van der Waals surface area (Å²) in [7, 11) is 2.04. The van der Waals surface area contributed by atoms with Gasteiger partial charge in [0.2, 0.25) is 0 Å². The van der Waals surface area contributed by atoms with Crippen molar-refractivity contribution in [2.45, 2.75) is 45.1 Å². The van der Waals surface area contributed by atoms with Crippen molar-refractivity contribution in [1.29, 1.82) is 0 Å². The third-order valence-corrected chi connectivity index (χ3v) is 6.25. The molecule has 2 fully saturated rings. The van der Waals surface area contributed by atoms with Crippen molar-refractivity contribution in [3.8, 4) is 0 Å². The number of aryl methyl sites for hydroxylation is 1. The largest absolute Gasteiger partial charge is 0.298 e. The van der Waals surface area contributed by atoms with E-state index in [1.165, 1.54) is 50.0 Å². The Balaban J connectivity index is 1.59. The van der Waals surface area contributed by atoms with Gasteiger partial charge in [-0.1, -0.05) is 43.2 Å². The highest BCUT2D eigenvalue weighted by Crippen LogP contribution is 2.53. The Morgan fingerprint density at radius 2 is 1.91 bits per heavy atom. The second kappa shape index (κ2) is 5.79. The molecule has 0 N–H and O–H groups in total. The van der Waals surface area contributed by atoms with Crippen molar-refractivity contribution in [3.63, 3.8) is 0 Å². The van der Waals surface area contributed by atoms with Crippen LogP contribution in [0.3, 0.4) is 0 Å². The van der Waals surface area contributed by atoms with E-state index in [1.807, 2.05) is 17.9 Å². The molecule has 122 valence electrons. The second-order valence-electron chi connectivity index (χ2n) is 7.58. The predicted molar refractivity (Wildman–Crippen MR) is 93.3 cm³/mol. The minimum absolute atomic E-state index is 0.511. The first kappa shape index (κ1) is 14.9. The van der Waals surface area contributed by atoms with Crippen LogP contribution in [-0.2, 0) is 13.6 Å². The molecule has 0 bridgehead atoms. The fourth-order valence-corrected chi connectivity index (χ4v) is 4.86. The molecule has 2 heterocycles. The minimum Gasteiger partial charge on any atom is -0.298 e. The molecule has 1 saturated carbocycles. The summed E-state index contributed by atoms with van der Waals surface area (Å²) in [6.45, 7) is 5.67. The van der Waals surface area contributed by atoms with Crippen molar-refractivity contribution in [1.82, 2.24) is 14.7 Å². The predicted octanol–water partition coefficient (Wildman–Crippen LogP) is 3.89. The van der Waals surface area contributed by atoms with E-state index in [1.54, 1.807) is 5.56 Å². The molecule has 4 rings (SSSR count). The van der Waals surface area contributed by atoms with Gasteiger partial charge >= 0.3 is 0 Å². The number of likely N-dealkylation sites (tertiary alicyclic amines) is 1. The van der Waals surface area contributed by atoms with Crippen LogP contribution in [0.1, 0.15) is 48.4 Å². The fraction of sp³-hybridized carbons (Fsp3) is 0.550. The van der Waals surface area contributed by atoms with Gasteiger partial charge in [-0.2, -0.15) is 5.10 Å². The number of hydrogen-bond acceptors (Lipinski definition) is 2. The van der Waals surface area contributed by atoms with Crippen molar-refractivity contribution >= 4 is 0 Å². The highest BCUT2D eigenvalue weighted by molar-refractivity contribution is 5.26. The van der Waals surface area contributed by atoms with Gasteiger partial charge in [0.05, 0.1) is 6.20 Å². The van der Waals surface area contributed by atoms with Gasteiger partial charge in [-0.15, -0.1) is 0 Å². The van der Waals surface area contributed by atoms with Crippen LogP contribution in [0.15, 0.2) is 36.5 Å². The summed E-state index contributed by atoms with van der Waals surface area (Å²) in [4.78, 5) is 2.67. The molecule has 2 aromatic rings. The zero-order valence-corrected chi connectivity index (χ0v) is 14.3. The molecule has 1 aromatic carbocycles. The normalized spacial score (nSPS) is 23.8. The SMILES string of the molecule is Cc1c(CN2CC(c3ccccc3)C3(CCCC3)C2)cnn1C. The lowest BCUT2D eigenvalue weighted by molar-refractivity contribution is 0.247. The molecular weight excluding hydrogens is 282 g/mol. The van der Waals surface area contributed by atoms with Gasteiger partial charge in [0, 0.05) is 43.9 Å². The molecule has 1 aromatic heterocycles. The van der Waals surface area contributed by atoms with Gasteiger partial charge in [-0.3, -0.25) is 9.58 Å². The topological polar surface area (TPSA) is 21.1 Å². The Hall–Kier alpha value is -1.61. The van der Waals surface area contributed by atoms with Crippen molar-refractivity contribution in [3.05, 3.63) is 53.3 Å². The van der Waals surface area contributed by atoms with Crippen molar-refractivity contribution in [2.75, 3.05) is 13.1 Å². The summed E-state index contributed by atoms with van der Waals surface area (Å²) >= 11 is 0. The van der Waals surface area contributed by atoms with Crippen LogP contribution in [0.25, 0.3) is 0 Å². The Kier molecular flexibility index (Phi) is 3.76. The first-order valence-corrected chi connectivity index (χ1v) is 8.93. The third kappa shape index (κ3) is 2.61. The Labute approximate surface area is 139 Å². The monoisotopic (exact) mass is 309 g/mol. The Morgan fingerprint density at radius 1 is 1.17 bits per heavy atom. The van der Waals surface area contributed by atoms with Gasteiger partial charge in [-0.25, -0.2) is 0 Å². The zero-order chi connectivity index (χ0) is 15.9. The summed E-state index contributed by atoms with van der Waals surface area (Å²) in [6.07, 6.45) is 7.66. The molecule has 0 radical (unpaired) electrons. The molecule has 1 spiro atoms. The zero-order valence-electron chi connectivity index (χ0n) is 14.3. The average Bonchev–Trinajstić information content (AvgIpc) is 3.26. The molecule has 23 heavy (non-hydrogen) atoms. The fourth-order valence-electron chi connectivity index (χ4n) is 4.86. The van der Waals surface area contributed by atoms with Crippen molar-refractivity contribution in [2.24, 2.45) is 12.5 Å². The van der Waals surface area contributed by atoms with Crippen LogP contribution in [0.2, 0.25) is 0 Å². The molecule has 1 aliphatic heterocycles. The van der Waals surface area contributed by atoms with E-state index in [0.29, 0.717) is 11.3 Å². The summed E-state index contributed by atoms with van der Waals surface area (Å²) in [5.41, 5.74) is 4.74. The van der Waals surface area contributed by atoms with Crippen molar-refractivity contribution < 1.29 is 0 Å². The van der Waals surface area contributed by atoms with Gasteiger partial charge in [-0.05, 0) is 30.7 Å². The van der Waals surface area contributed by atoms with Crippen LogP contribution in [0.5, 0.6) is 0 Å². The van der Waals surface area contributed by atoms with Crippen LogP contribution in [0.4, 0.5) is 0 Å².